The lowest BCUT2D eigenvalue weighted by molar-refractivity contribution is -0.155. The number of phenolic OH excluding ortho intramolecular Hbond substituents is 2. The number of carbonyl (C=O) groups excluding carboxylic acids is 1. The van der Waals surface area contributed by atoms with Gasteiger partial charge in [-0.3, -0.25) is 4.79 Å². The highest BCUT2D eigenvalue weighted by Gasteiger charge is 2.30. The standard InChI is InChI=1S/C11H13NO6/c1-11(18,10(16)17)5-12-9(15)6-3-2-4-7(13)8(6)14/h2-4,13-14,18H,5H2,1H3,(H,12,15)(H,16,17). The van der Waals surface area contributed by atoms with Crippen LogP contribution in [0.1, 0.15) is 17.3 Å². The van der Waals surface area contributed by atoms with Crippen molar-refractivity contribution in [2.24, 2.45) is 0 Å². The van der Waals surface area contributed by atoms with Gasteiger partial charge in [-0.05, 0) is 19.1 Å². The predicted molar refractivity (Wildman–Crippen MR) is 60.4 cm³/mol. The Labute approximate surface area is 102 Å². The predicted octanol–water partition coefficient (Wildman–Crippen LogP) is -0.337. The molecule has 0 aliphatic carbocycles. The van der Waals surface area contributed by atoms with Crippen LogP contribution in [-0.4, -0.2) is 44.4 Å². The topological polar surface area (TPSA) is 127 Å². The number of para-hydroxylation sites is 1. The third-order valence-corrected chi connectivity index (χ3v) is 2.31. The summed E-state index contributed by atoms with van der Waals surface area (Å²) in [6, 6.07) is 3.79. The van der Waals surface area contributed by atoms with Crippen LogP contribution in [0, 0.1) is 0 Å². The molecule has 18 heavy (non-hydrogen) atoms. The van der Waals surface area contributed by atoms with Crippen molar-refractivity contribution in [3.8, 4) is 11.5 Å². The molecule has 1 aromatic carbocycles. The lowest BCUT2D eigenvalue weighted by atomic mass is 10.1. The van der Waals surface area contributed by atoms with Crippen LogP contribution in [-0.2, 0) is 4.79 Å². The maximum atomic E-state index is 11.6. The molecule has 98 valence electrons. The molecule has 0 spiro atoms. The molecule has 0 radical (unpaired) electrons. The number of carbonyl (C=O) groups is 2. The maximum Gasteiger partial charge on any atom is 0.337 e. The second kappa shape index (κ2) is 4.92. The van der Waals surface area contributed by atoms with Crippen LogP contribution in [0.2, 0.25) is 0 Å². The van der Waals surface area contributed by atoms with E-state index < -0.39 is 35.5 Å². The van der Waals surface area contributed by atoms with Crippen molar-refractivity contribution in [1.29, 1.82) is 0 Å². The molecule has 0 bridgehead atoms. The van der Waals surface area contributed by atoms with Crippen LogP contribution in [0.3, 0.4) is 0 Å². The first-order valence-electron chi connectivity index (χ1n) is 5.00. The molecule has 7 heteroatoms. The zero-order valence-corrected chi connectivity index (χ0v) is 9.54. The number of hydrogen-bond acceptors (Lipinski definition) is 5. The van der Waals surface area contributed by atoms with E-state index in [0.29, 0.717) is 0 Å². The van der Waals surface area contributed by atoms with Gasteiger partial charge in [-0.1, -0.05) is 6.07 Å². The lowest BCUT2D eigenvalue weighted by Gasteiger charge is -2.18. The Kier molecular flexibility index (Phi) is 3.77. The number of aliphatic hydroxyl groups is 1. The molecule has 0 aliphatic rings. The van der Waals surface area contributed by atoms with Gasteiger partial charge in [-0.25, -0.2) is 4.79 Å². The minimum atomic E-state index is -2.11. The number of benzene rings is 1. The summed E-state index contributed by atoms with van der Waals surface area (Å²) in [5, 5.41) is 38.8. The number of carboxylic acids is 1. The van der Waals surface area contributed by atoms with Crippen LogP contribution < -0.4 is 5.32 Å². The van der Waals surface area contributed by atoms with Gasteiger partial charge in [-0.15, -0.1) is 0 Å². The van der Waals surface area contributed by atoms with E-state index in [1.807, 2.05) is 0 Å². The fourth-order valence-electron chi connectivity index (χ4n) is 1.14. The molecule has 1 rings (SSSR count). The van der Waals surface area contributed by atoms with Crippen LogP contribution in [0.4, 0.5) is 0 Å². The van der Waals surface area contributed by atoms with Crippen LogP contribution in [0.5, 0.6) is 11.5 Å². The van der Waals surface area contributed by atoms with E-state index >= 15 is 0 Å². The Bertz CT molecular complexity index is 482. The Morgan fingerprint density at radius 3 is 2.50 bits per heavy atom. The van der Waals surface area contributed by atoms with Gasteiger partial charge in [0.1, 0.15) is 0 Å². The Morgan fingerprint density at radius 1 is 1.33 bits per heavy atom. The molecule has 1 atom stereocenters. The number of aliphatic carboxylic acids is 1. The highest BCUT2D eigenvalue weighted by molar-refractivity contribution is 5.97. The molecule has 1 amide bonds. The molecular weight excluding hydrogens is 242 g/mol. The molecule has 0 aliphatic heterocycles. The van der Waals surface area contributed by atoms with Crippen molar-refractivity contribution >= 4 is 11.9 Å². The zero-order valence-electron chi connectivity index (χ0n) is 9.54. The Hall–Kier alpha value is -2.28. The number of carboxylic acid groups (broad SMARTS) is 1. The highest BCUT2D eigenvalue weighted by atomic mass is 16.4. The number of hydrogen-bond donors (Lipinski definition) is 5. The molecule has 7 nitrogen and oxygen atoms in total. The third kappa shape index (κ3) is 2.89. The molecule has 0 aromatic heterocycles. The van der Waals surface area contributed by atoms with E-state index in [1.54, 1.807) is 0 Å². The molecule has 1 aromatic rings. The molecule has 1 unspecified atom stereocenters. The minimum absolute atomic E-state index is 0.212. The average molecular weight is 255 g/mol. The summed E-state index contributed by atoms with van der Waals surface area (Å²) in [5.41, 5.74) is -2.32. The SMILES string of the molecule is CC(O)(CNC(=O)c1cccc(O)c1O)C(=O)O. The monoisotopic (exact) mass is 255 g/mol. The molecule has 0 fully saturated rings. The lowest BCUT2D eigenvalue weighted by Crippen LogP contribution is -2.46. The van der Waals surface area contributed by atoms with Crippen molar-refractivity contribution < 1.29 is 30.0 Å². The van der Waals surface area contributed by atoms with Gasteiger partial charge in [0, 0.05) is 0 Å². The van der Waals surface area contributed by atoms with E-state index in [2.05, 4.69) is 5.32 Å². The summed E-state index contributed by atoms with van der Waals surface area (Å²) < 4.78 is 0. The number of amides is 1. The fourth-order valence-corrected chi connectivity index (χ4v) is 1.14. The van der Waals surface area contributed by atoms with Crippen molar-refractivity contribution in [2.45, 2.75) is 12.5 Å². The first-order valence-corrected chi connectivity index (χ1v) is 5.00. The molecular formula is C11H13NO6. The minimum Gasteiger partial charge on any atom is -0.504 e. The van der Waals surface area contributed by atoms with E-state index in [4.69, 9.17) is 5.11 Å². The Morgan fingerprint density at radius 2 is 1.94 bits per heavy atom. The summed E-state index contributed by atoms with van der Waals surface area (Å²) in [4.78, 5) is 22.2. The molecule has 5 N–H and O–H groups in total. The fraction of sp³-hybridized carbons (Fsp3) is 0.273. The molecule has 0 saturated carbocycles. The van der Waals surface area contributed by atoms with E-state index in [-0.39, 0.29) is 5.56 Å². The van der Waals surface area contributed by atoms with Crippen molar-refractivity contribution in [2.75, 3.05) is 6.54 Å². The molecule has 0 heterocycles. The third-order valence-electron chi connectivity index (χ3n) is 2.31. The van der Waals surface area contributed by atoms with Crippen molar-refractivity contribution in [3.05, 3.63) is 23.8 Å². The Balaban J connectivity index is 2.78. The van der Waals surface area contributed by atoms with Crippen molar-refractivity contribution in [3.63, 3.8) is 0 Å². The summed E-state index contributed by atoms with van der Waals surface area (Å²) in [6.07, 6.45) is 0. The summed E-state index contributed by atoms with van der Waals surface area (Å²) in [7, 11) is 0. The number of phenols is 2. The maximum absolute atomic E-state index is 11.6. The summed E-state index contributed by atoms with van der Waals surface area (Å²) >= 11 is 0. The first-order chi connectivity index (χ1) is 8.25. The second-order valence-corrected chi connectivity index (χ2v) is 3.93. The molecule has 0 saturated heterocycles. The highest BCUT2D eigenvalue weighted by Crippen LogP contribution is 2.27. The van der Waals surface area contributed by atoms with E-state index in [9.17, 15) is 24.9 Å². The quantitative estimate of drug-likeness (QED) is 0.468. The normalized spacial score (nSPS) is 13.7. The van der Waals surface area contributed by atoms with Crippen molar-refractivity contribution in [1.82, 2.24) is 5.32 Å². The first kappa shape index (κ1) is 13.8. The zero-order chi connectivity index (χ0) is 13.9. The second-order valence-electron chi connectivity index (χ2n) is 3.93. The van der Waals surface area contributed by atoms with Crippen LogP contribution >= 0.6 is 0 Å². The van der Waals surface area contributed by atoms with Gasteiger partial charge in [-0.2, -0.15) is 0 Å². The van der Waals surface area contributed by atoms with Gasteiger partial charge in [0.15, 0.2) is 17.1 Å². The van der Waals surface area contributed by atoms with Crippen LogP contribution in [0.25, 0.3) is 0 Å². The smallest absolute Gasteiger partial charge is 0.337 e. The number of nitrogens with one attached hydrogen (secondary N) is 1. The van der Waals surface area contributed by atoms with E-state index in [1.165, 1.54) is 18.2 Å². The van der Waals surface area contributed by atoms with Crippen LogP contribution in [0.15, 0.2) is 18.2 Å². The largest absolute Gasteiger partial charge is 0.504 e. The summed E-state index contributed by atoms with van der Waals surface area (Å²) in [6.45, 7) is 0.494. The van der Waals surface area contributed by atoms with Gasteiger partial charge in [0.25, 0.3) is 5.91 Å². The van der Waals surface area contributed by atoms with Gasteiger partial charge >= 0.3 is 5.97 Å². The average Bonchev–Trinajstić information content (AvgIpc) is 2.29. The van der Waals surface area contributed by atoms with E-state index in [0.717, 1.165) is 6.92 Å². The number of aromatic hydroxyl groups is 2. The van der Waals surface area contributed by atoms with Gasteiger partial charge < -0.3 is 25.7 Å². The summed E-state index contributed by atoms with van der Waals surface area (Å²) in [5.74, 6) is -3.36. The van der Waals surface area contributed by atoms with Gasteiger partial charge in [0.2, 0.25) is 0 Å². The number of rotatable bonds is 4. The van der Waals surface area contributed by atoms with Gasteiger partial charge in [0.05, 0.1) is 12.1 Å².